The summed E-state index contributed by atoms with van der Waals surface area (Å²) in [7, 11) is -0.838. The molecule has 16 heavy (non-hydrogen) atoms. The fourth-order valence-electron chi connectivity index (χ4n) is 1.26. The van der Waals surface area contributed by atoms with Crippen LogP contribution in [0.2, 0.25) is 0 Å². The molecule has 0 aromatic heterocycles. The number of rotatable bonds is 5. The van der Waals surface area contributed by atoms with Crippen LogP contribution < -0.4 is 11.1 Å². The zero-order chi connectivity index (χ0) is 12.0. The van der Waals surface area contributed by atoms with E-state index in [1.807, 2.05) is 12.1 Å². The first-order valence-corrected chi connectivity index (χ1v) is 6.76. The molecule has 0 saturated carbocycles. The van der Waals surface area contributed by atoms with Gasteiger partial charge in [-0.15, -0.1) is 0 Å². The molecule has 0 bridgehead atoms. The van der Waals surface area contributed by atoms with Gasteiger partial charge in [0.1, 0.15) is 0 Å². The maximum atomic E-state index is 11.5. The van der Waals surface area contributed by atoms with Crippen LogP contribution >= 0.6 is 0 Å². The number of hydrogen-bond donors (Lipinski definition) is 2. The summed E-state index contributed by atoms with van der Waals surface area (Å²) in [5.74, 6) is 0.459. The number of hydrogen-bond acceptors (Lipinski definition) is 3. The topological polar surface area (TPSA) is 72.2 Å². The van der Waals surface area contributed by atoms with Crippen LogP contribution in [0, 0.1) is 0 Å². The summed E-state index contributed by atoms with van der Waals surface area (Å²) in [5, 5.41) is 2.72. The Balaban J connectivity index is 2.40. The van der Waals surface area contributed by atoms with Crippen LogP contribution in [-0.2, 0) is 15.6 Å². The van der Waals surface area contributed by atoms with Crippen molar-refractivity contribution in [1.29, 1.82) is 0 Å². The third-order valence-corrected chi connectivity index (χ3v) is 2.93. The van der Waals surface area contributed by atoms with Crippen molar-refractivity contribution in [2.45, 2.75) is 12.8 Å². The van der Waals surface area contributed by atoms with Gasteiger partial charge in [0.25, 0.3) is 0 Å². The van der Waals surface area contributed by atoms with Gasteiger partial charge in [0.05, 0.1) is 11.4 Å². The molecule has 0 spiro atoms. The lowest BCUT2D eigenvalue weighted by Gasteiger charge is -2.07. The number of carbonyl (C=O) groups is 1. The van der Waals surface area contributed by atoms with E-state index in [4.69, 9.17) is 5.73 Å². The maximum Gasteiger partial charge on any atom is 0.224 e. The van der Waals surface area contributed by atoms with Gasteiger partial charge in [-0.1, -0.05) is 12.1 Å². The Morgan fingerprint density at radius 3 is 2.75 bits per heavy atom. The predicted octanol–water partition coefficient (Wildman–Crippen LogP) is 1.37. The van der Waals surface area contributed by atoms with E-state index in [2.05, 4.69) is 5.32 Å². The number of benzene rings is 1. The SMILES string of the molecule is CS(=O)CCCC(=O)Nc1ccccc1N. The highest BCUT2D eigenvalue weighted by Gasteiger charge is 2.04. The second kappa shape index (κ2) is 6.27. The minimum absolute atomic E-state index is 0.0941. The number of nitrogens with two attached hydrogens (primary N) is 1. The van der Waals surface area contributed by atoms with Crippen LogP contribution in [0.25, 0.3) is 0 Å². The highest BCUT2D eigenvalue weighted by Crippen LogP contribution is 2.16. The average molecular weight is 240 g/mol. The Kier molecular flexibility index (Phi) is 4.98. The summed E-state index contributed by atoms with van der Waals surface area (Å²) in [5.41, 5.74) is 6.86. The molecule has 0 aliphatic rings. The van der Waals surface area contributed by atoms with Crippen LogP contribution in [-0.4, -0.2) is 22.1 Å². The molecule has 1 amide bonds. The monoisotopic (exact) mass is 240 g/mol. The molecule has 88 valence electrons. The summed E-state index contributed by atoms with van der Waals surface area (Å²) in [6, 6.07) is 7.11. The Morgan fingerprint density at radius 2 is 2.12 bits per heavy atom. The molecule has 0 aliphatic carbocycles. The van der Waals surface area contributed by atoms with Gasteiger partial charge >= 0.3 is 0 Å². The Morgan fingerprint density at radius 1 is 1.44 bits per heavy atom. The van der Waals surface area contributed by atoms with Crippen molar-refractivity contribution < 1.29 is 9.00 Å². The standard InChI is InChI=1S/C11H16N2O2S/c1-16(15)8-4-7-11(14)13-10-6-3-2-5-9(10)12/h2-3,5-6H,4,7-8,12H2,1H3,(H,13,14). The summed E-state index contributed by atoms with van der Waals surface area (Å²) in [6.07, 6.45) is 2.63. The van der Waals surface area contributed by atoms with Crippen molar-refractivity contribution >= 4 is 28.1 Å². The van der Waals surface area contributed by atoms with Gasteiger partial charge < -0.3 is 11.1 Å². The third-order valence-electron chi connectivity index (χ3n) is 2.07. The molecule has 1 atom stereocenters. The molecule has 5 heteroatoms. The van der Waals surface area contributed by atoms with Crippen molar-refractivity contribution in [3.8, 4) is 0 Å². The zero-order valence-corrected chi connectivity index (χ0v) is 10.0. The number of nitrogen functional groups attached to an aromatic ring is 1. The van der Waals surface area contributed by atoms with Crippen LogP contribution in [0.15, 0.2) is 24.3 Å². The zero-order valence-electron chi connectivity index (χ0n) is 9.23. The first-order chi connectivity index (χ1) is 7.59. The second-order valence-corrected chi connectivity index (χ2v) is 5.07. The van der Waals surface area contributed by atoms with Crippen molar-refractivity contribution in [3.63, 3.8) is 0 Å². The van der Waals surface area contributed by atoms with E-state index in [-0.39, 0.29) is 5.91 Å². The lowest BCUT2D eigenvalue weighted by Crippen LogP contribution is -2.13. The van der Waals surface area contributed by atoms with Crippen LogP contribution in [0.1, 0.15) is 12.8 Å². The van der Waals surface area contributed by atoms with Gasteiger partial charge in [0.2, 0.25) is 5.91 Å². The summed E-state index contributed by atoms with van der Waals surface area (Å²) in [6.45, 7) is 0. The van der Waals surface area contributed by atoms with Crippen LogP contribution in [0.3, 0.4) is 0 Å². The number of anilines is 2. The minimum Gasteiger partial charge on any atom is -0.397 e. The normalized spacial score (nSPS) is 12.1. The van der Waals surface area contributed by atoms with E-state index in [1.54, 1.807) is 18.4 Å². The molecule has 0 aliphatic heterocycles. The summed E-state index contributed by atoms with van der Waals surface area (Å²) in [4.78, 5) is 11.5. The average Bonchev–Trinajstić information content (AvgIpc) is 2.21. The van der Waals surface area contributed by atoms with Gasteiger partial charge in [-0.3, -0.25) is 9.00 Å². The summed E-state index contributed by atoms with van der Waals surface area (Å²) >= 11 is 0. The van der Waals surface area contributed by atoms with Gasteiger partial charge in [-0.25, -0.2) is 0 Å². The number of carbonyl (C=O) groups excluding carboxylic acids is 1. The number of amides is 1. The molecule has 0 radical (unpaired) electrons. The first kappa shape index (κ1) is 12.7. The molecular formula is C11H16N2O2S. The molecule has 0 heterocycles. The van der Waals surface area contributed by atoms with Crippen molar-refractivity contribution in [3.05, 3.63) is 24.3 Å². The quantitative estimate of drug-likeness (QED) is 0.763. The van der Waals surface area contributed by atoms with Crippen LogP contribution in [0.4, 0.5) is 11.4 Å². The Labute approximate surface area is 97.7 Å². The maximum absolute atomic E-state index is 11.5. The van der Waals surface area contributed by atoms with Crippen molar-refractivity contribution in [2.24, 2.45) is 0 Å². The second-order valence-electron chi connectivity index (χ2n) is 3.52. The van der Waals surface area contributed by atoms with E-state index in [0.29, 0.717) is 30.0 Å². The third kappa shape index (κ3) is 4.44. The van der Waals surface area contributed by atoms with Crippen LogP contribution in [0.5, 0.6) is 0 Å². The van der Waals surface area contributed by atoms with Gasteiger partial charge in [-0.05, 0) is 18.6 Å². The lowest BCUT2D eigenvalue weighted by molar-refractivity contribution is -0.116. The molecule has 0 fully saturated rings. The van der Waals surface area contributed by atoms with Gasteiger partial charge in [0.15, 0.2) is 0 Å². The Hall–Kier alpha value is -1.36. The van der Waals surface area contributed by atoms with Gasteiger partial charge in [-0.2, -0.15) is 0 Å². The molecule has 1 aromatic carbocycles. The van der Waals surface area contributed by atoms with E-state index in [0.717, 1.165) is 0 Å². The fourth-order valence-corrected chi connectivity index (χ4v) is 1.81. The smallest absolute Gasteiger partial charge is 0.224 e. The molecular weight excluding hydrogens is 224 g/mol. The highest BCUT2D eigenvalue weighted by atomic mass is 32.2. The minimum atomic E-state index is -0.838. The lowest BCUT2D eigenvalue weighted by atomic mass is 10.2. The molecule has 1 unspecified atom stereocenters. The fraction of sp³-hybridized carbons (Fsp3) is 0.364. The van der Waals surface area contributed by atoms with Crippen molar-refractivity contribution in [1.82, 2.24) is 0 Å². The van der Waals surface area contributed by atoms with Gasteiger partial charge in [0, 0.05) is 29.2 Å². The van der Waals surface area contributed by atoms with E-state index in [9.17, 15) is 9.00 Å². The number of nitrogens with one attached hydrogen (secondary N) is 1. The highest BCUT2D eigenvalue weighted by molar-refractivity contribution is 7.84. The summed E-state index contributed by atoms with van der Waals surface area (Å²) < 4.78 is 10.8. The number of para-hydroxylation sites is 2. The molecule has 3 N–H and O–H groups in total. The van der Waals surface area contributed by atoms with E-state index < -0.39 is 10.8 Å². The molecule has 0 saturated heterocycles. The largest absolute Gasteiger partial charge is 0.397 e. The van der Waals surface area contributed by atoms with E-state index >= 15 is 0 Å². The first-order valence-electron chi connectivity index (χ1n) is 5.04. The molecule has 1 rings (SSSR count). The van der Waals surface area contributed by atoms with Crippen molar-refractivity contribution in [2.75, 3.05) is 23.1 Å². The predicted molar refractivity (Wildman–Crippen MR) is 67.7 cm³/mol. The Bertz CT molecular complexity index is 393. The molecule has 1 aromatic rings. The van der Waals surface area contributed by atoms with E-state index in [1.165, 1.54) is 0 Å². The molecule has 4 nitrogen and oxygen atoms in total.